The third-order valence-electron chi connectivity index (χ3n) is 4.40. The van der Waals surface area contributed by atoms with Crippen molar-refractivity contribution in [2.75, 3.05) is 31.1 Å². The zero-order valence-electron chi connectivity index (χ0n) is 14.0. The van der Waals surface area contributed by atoms with Gasteiger partial charge in [0.05, 0.1) is 11.8 Å². The van der Waals surface area contributed by atoms with Crippen LogP contribution in [0.25, 0.3) is 5.82 Å². The smallest absolute Gasteiger partial charge is 0.257 e. The number of hydrogen-bond acceptors (Lipinski definition) is 5. The van der Waals surface area contributed by atoms with Crippen molar-refractivity contribution in [2.24, 2.45) is 0 Å². The molecule has 4 heterocycles. The maximum absolute atomic E-state index is 13.8. The summed E-state index contributed by atoms with van der Waals surface area (Å²) < 4.78 is 15.6. The van der Waals surface area contributed by atoms with Crippen LogP contribution in [-0.2, 0) is 0 Å². The van der Waals surface area contributed by atoms with E-state index >= 15 is 0 Å². The molecule has 132 valence electrons. The van der Waals surface area contributed by atoms with Gasteiger partial charge in [-0.3, -0.25) is 9.78 Å². The van der Waals surface area contributed by atoms with Gasteiger partial charge < -0.3 is 14.4 Å². The Labute approximate surface area is 149 Å². The molecule has 3 aromatic heterocycles. The van der Waals surface area contributed by atoms with Gasteiger partial charge in [-0.1, -0.05) is 0 Å². The number of piperazine rings is 1. The van der Waals surface area contributed by atoms with Crippen molar-refractivity contribution < 1.29 is 9.18 Å². The van der Waals surface area contributed by atoms with Crippen LogP contribution in [-0.4, -0.2) is 56.7 Å². The maximum atomic E-state index is 13.8. The minimum atomic E-state index is -0.591. The Bertz CT molecular complexity index is 888. The Kier molecular flexibility index (Phi) is 4.30. The van der Waals surface area contributed by atoms with E-state index in [1.807, 2.05) is 41.2 Å². The first kappa shape index (κ1) is 16.2. The predicted molar refractivity (Wildman–Crippen MR) is 93.7 cm³/mol. The van der Waals surface area contributed by atoms with Gasteiger partial charge in [-0.15, -0.1) is 10.2 Å². The lowest BCUT2D eigenvalue weighted by Gasteiger charge is -2.35. The lowest BCUT2D eigenvalue weighted by molar-refractivity contribution is 0.0741. The number of carbonyl (C=O) groups is 1. The molecule has 3 aromatic rings. The standard InChI is InChI=1S/C18H17FN6O/c19-15-13-20-6-5-14(15)18(26)25-11-9-24(10-12-25)17-4-3-16(21-22-17)23-7-1-2-8-23/h1-8,13H,9-12H2. The summed E-state index contributed by atoms with van der Waals surface area (Å²) in [4.78, 5) is 19.8. The van der Waals surface area contributed by atoms with Crippen LogP contribution in [0.4, 0.5) is 10.2 Å². The summed E-state index contributed by atoms with van der Waals surface area (Å²) in [6, 6.07) is 9.10. The van der Waals surface area contributed by atoms with E-state index in [4.69, 9.17) is 0 Å². The fraction of sp³-hybridized carbons (Fsp3) is 0.222. The molecule has 1 amide bonds. The predicted octanol–water partition coefficient (Wildman–Crippen LogP) is 1.76. The van der Waals surface area contributed by atoms with Crippen molar-refractivity contribution >= 4 is 11.7 Å². The topological polar surface area (TPSA) is 67.2 Å². The third kappa shape index (κ3) is 3.13. The lowest BCUT2D eigenvalue weighted by Crippen LogP contribution is -2.49. The normalized spacial score (nSPS) is 14.5. The van der Waals surface area contributed by atoms with Crippen molar-refractivity contribution in [3.63, 3.8) is 0 Å². The number of hydrogen-bond donors (Lipinski definition) is 0. The van der Waals surface area contributed by atoms with Crippen molar-refractivity contribution in [2.45, 2.75) is 0 Å². The number of nitrogens with zero attached hydrogens (tertiary/aromatic N) is 6. The average Bonchev–Trinajstić information content (AvgIpc) is 3.23. The second kappa shape index (κ2) is 6.91. The molecule has 1 aliphatic rings. The van der Waals surface area contributed by atoms with Gasteiger partial charge in [0.25, 0.3) is 5.91 Å². The monoisotopic (exact) mass is 352 g/mol. The Morgan fingerprint density at radius 2 is 1.65 bits per heavy atom. The molecule has 1 aliphatic heterocycles. The van der Waals surface area contributed by atoms with E-state index in [9.17, 15) is 9.18 Å². The lowest BCUT2D eigenvalue weighted by atomic mass is 10.2. The molecule has 0 aromatic carbocycles. The van der Waals surface area contributed by atoms with Crippen LogP contribution in [0, 0.1) is 5.82 Å². The van der Waals surface area contributed by atoms with Gasteiger partial charge in [0.1, 0.15) is 0 Å². The summed E-state index contributed by atoms with van der Waals surface area (Å²) in [6.45, 7) is 2.25. The van der Waals surface area contributed by atoms with E-state index in [1.54, 1.807) is 4.90 Å². The Morgan fingerprint density at radius 3 is 2.31 bits per heavy atom. The van der Waals surface area contributed by atoms with Crippen LogP contribution in [0.1, 0.15) is 10.4 Å². The molecule has 7 nitrogen and oxygen atoms in total. The fourth-order valence-corrected chi connectivity index (χ4v) is 2.97. The number of carbonyl (C=O) groups excluding carboxylic acids is 1. The zero-order valence-corrected chi connectivity index (χ0v) is 14.0. The van der Waals surface area contributed by atoms with Crippen LogP contribution < -0.4 is 4.90 Å². The highest BCUT2D eigenvalue weighted by Crippen LogP contribution is 2.16. The summed E-state index contributed by atoms with van der Waals surface area (Å²) in [5.41, 5.74) is 0.0596. The van der Waals surface area contributed by atoms with Gasteiger partial charge in [0.15, 0.2) is 17.5 Å². The van der Waals surface area contributed by atoms with Gasteiger partial charge in [-0.25, -0.2) is 4.39 Å². The molecular formula is C18H17FN6O. The number of anilines is 1. The first-order valence-electron chi connectivity index (χ1n) is 8.33. The van der Waals surface area contributed by atoms with Crippen LogP contribution in [0.5, 0.6) is 0 Å². The van der Waals surface area contributed by atoms with E-state index in [0.29, 0.717) is 26.2 Å². The Morgan fingerprint density at radius 1 is 0.962 bits per heavy atom. The van der Waals surface area contributed by atoms with Gasteiger partial charge in [0.2, 0.25) is 0 Å². The molecule has 0 radical (unpaired) electrons. The van der Waals surface area contributed by atoms with Gasteiger partial charge >= 0.3 is 0 Å². The second-order valence-corrected chi connectivity index (χ2v) is 5.97. The van der Waals surface area contributed by atoms with Crippen molar-refractivity contribution in [1.29, 1.82) is 0 Å². The molecule has 4 rings (SSSR count). The Balaban J connectivity index is 1.40. The molecule has 1 saturated heterocycles. The fourth-order valence-electron chi connectivity index (χ4n) is 2.97. The van der Waals surface area contributed by atoms with Crippen molar-refractivity contribution in [3.05, 3.63) is 66.5 Å². The summed E-state index contributed by atoms with van der Waals surface area (Å²) in [6.07, 6.45) is 6.30. The molecule has 0 bridgehead atoms. The summed E-state index contributed by atoms with van der Waals surface area (Å²) >= 11 is 0. The third-order valence-corrected chi connectivity index (χ3v) is 4.40. The molecule has 0 N–H and O–H groups in total. The Hall–Kier alpha value is -3.29. The summed E-state index contributed by atoms with van der Waals surface area (Å²) in [5, 5.41) is 8.53. The second-order valence-electron chi connectivity index (χ2n) is 5.97. The van der Waals surface area contributed by atoms with Gasteiger partial charge in [-0.05, 0) is 30.3 Å². The van der Waals surface area contributed by atoms with Crippen molar-refractivity contribution in [3.8, 4) is 5.82 Å². The van der Waals surface area contributed by atoms with Crippen LogP contribution >= 0.6 is 0 Å². The van der Waals surface area contributed by atoms with Gasteiger partial charge in [-0.2, -0.15) is 0 Å². The van der Waals surface area contributed by atoms with Crippen molar-refractivity contribution in [1.82, 2.24) is 24.6 Å². The first-order chi connectivity index (χ1) is 12.7. The number of halogens is 1. The van der Waals surface area contributed by atoms with E-state index in [0.717, 1.165) is 17.8 Å². The maximum Gasteiger partial charge on any atom is 0.257 e. The molecule has 26 heavy (non-hydrogen) atoms. The van der Waals surface area contributed by atoms with Crippen LogP contribution in [0.2, 0.25) is 0 Å². The SMILES string of the molecule is O=C(c1ccncc1F)N1CCN(c2ccc(-n3cccc3)nn2)CC1. The summed E-state index contributed by atoms with van der Waals surface area (Å²) in [7, 11) is 0. The molecule has 0 spiro atoms. The summed E-state index contributed by atoms with van der Waals surface area (Å²) in [5.74, 6) is 0.619. The minimum absolute atomic E-state index is 0.0596. The molecule has 0 saturated carbocycles. The molecule has 0 atom stereocenters. The quantitative estimate of drug-likeness (QED) is 0.719. The molecule has 0 aliphatic carbocycles. The first-order valence-corrected chi connectivity index (χ1v) is 8.33. The van der Waals surface area contributed by atoms with Crippen LogP contribution in [0.15, 0.2) is 55.1 Å². The number of aromatic nitrogens is 4. The average molecular weight is 352 g/mol. The number of amides is 1. The highest BCUT2D eigenvalue weighted by molar-refractivity contribution is 5.94. The zero-order chi connectivity index (χ0) is 17.9. The largest absolute Gasteiger partial charge is 0.352 e. The van der Waals surface area contributed by atoms with Crippen LogP contribution in [0.3, 0.4) is 0 Å². The van der Waals surface area contributed by atoms with E-state index in [1.165, 1.54) is 12.3 Å². The highest BCUT2D eigenvalue weighted by atomic mass is 19.1. The van der Waals surface area contributed by atoms with E-state index in [2.05, 4.69) is 20.1 Å². The molecule has 0 unspecified atom stereocenters. The number of pyridine rings is 1. The molecule has 1 fully saturated rings. The highest BCUT2D eigenvalue weighted by Gasteiger charge is 2.24. The van der Waals surface area contributed by atoms with Gasteiger partial charge in [0, 0.05) is 44.8 Å². The van der Waals surface area contributed by atoms with E-state index < -0.39 is 5.82 Å². The molecular weight excluding hydrogens is 335 g/mol. The number of rotatable bonds is 3. The minimum Gasteiger partial charge on any atom is -0.352 e. The molecule has 8 heteroatoms. The van der Waals surface area contributed by atoms with E-state index in [-0.39, 0.29) is 11.5 Å².